The molecule has 0 aliphatic heterocycles. The second-order valence-corrected chi connectivity index (χ2v) is 8.05. The van der Waals surface area contributed by atoms with Crippen molar-refractivity contribution in [3.8, 4) is 0 Å². The number of carbonyl (C=O) groups is 1. The van der Waals surface area contributed by atoms with Crippen molar-refractivity contribution in [3.63, 3.8) is 0 Å². The van der Waals surface area contributed by atoms with Crippen molar-refractivity contribution in [2.45, 2.75) is 43.2 Å². The molecule has 1 aliphatic rings. The van der Waals surface area contributed by atoms with E-state index in [0.717, 1.165) is 30.0 Å². The lowest BCUT2D eigenvalue weighted by Crippen LogP contribution is -2.51. The van der Waals surface area contributed by atoms with E-state index in [2.05, 4.69) is 5.32 Å². The minimum atomic E-state index is -3.70. The quantitative estimate of drug-likeness (QED) is 0.832. The molecule has 1 saturated carbocycles. The van der Waals surface area contributed by atoms with Crippen LogP contribution in [0.15, 0.2) is 15.6 Å². The van der Waals surface area contributed by atoms with Crippen LogP contribution in [-0.2, 0) is 10.0 Å². The number of sulfonamides is 1. The van der Waals surface area contributed by atoms with Gasteiger partial charge in [0.2, 0.25) is 5.09 Å². The molecule has 0 atom stereocenters. The Kier molecular flexibility index (Phi) is 4.65. The first-order chi connectivity index (χ1) is 10.2. The van der Waals surface area contributed by atoms with Gasteiger partial charge in [-0.2, -0.15) is 0 Å². The molecule has 2 rings (SSSR count). The highest BCUT2D eigenvalue weighted by atomic mass is 32.2. The van der Waals surface area contributed by atoms with Gasteiger partial charge in [-0.05, 0) is 19.8 Å². The lowest BCUT2D eigenvalue weighted by atomic mass is 9.97. The fourth-order valence-corrected chi connectivity index (χ4v) is 3.58. The van der Waals surface area contributed by atoms with Crippen LogP contribution in [0.3, 0.4) is 0 Å². The highest BCUT2D eigenvalue weighted by molar-refractivity contribution is 7.88. The maximum absolute atomic E-state index is 12.5. The summed E-state index contributed by atoms with van der Waals surface area (Å²) in [6, 6.07) is 1.28. The molecular weight excluding hydrogens is 306 g/mol. The molecule has 22 heavy (non-hydrogen) atoms. The zero-order chi connectivity index (χ0) is 16.5. The zero-order valence-corrected chi connectivity index (χ0v) is 14.0. The highest BCUT2D eigenvalue weighted by Gasteiger charge is 2.35. The smallest absolute Gasteiger partial charge is 0.275 e. The monoisotopic (exact) mass is 329 g/mol. The van der Waals surface area contributed by atoms with E-state index in [0.29, 0.717) is 6.54 Å². The normalized spacial score (nSPS) is 17.9. The molecule has 0 aromatic carbocycles. The molecule has 8 heteroatoms. The van der Waals surface area contributed by atoms with Gasteiger partial charge in [0.15, 0.2) is 0 Å². The second kappa shape index (κ2) is 6.02. The molecule has 0 bridgehead atoms. The zero-order valence-electron chi connectivity index (χ0n) is 13.2. The van der Waals surface area contributed by atoms with E-state index >= 15 is 0 Å². The lowest BCUT2D eigenvalue weighted by molar-refractivity contribution is 0.0901. The third-order valence-corrected chi connectivity index (χ3v) is 5.88. The van der Waals surface area contributed by atoms with Gasteiger partial charge in [0, 0.05) is 26.7 Å². The summed E-state index contributed by atoms with van der Waals surface area (Å²) >= 11 is 0. The topological polar surface area (TPSA) is 106 Å². The number of nitrogens with one attached hydrogen (secondary N) is 1. The van der Waals surface area contributed by atoms with Crippen molar-refractivity contribution in [2.24, 2.45) is 5.73 Å². The molecule has 7 nitrogen and oxygen atoms in total. The molecule has 1 aliphatic carbocycles. The summed E-state index contributed by atoms with van der Waals surface area (Å²) in [5, 5.41) is 2.73. The van der Waals surface area contributed by atoms with E-state index in [1.54, 1.807) is 6.92 Å². The van der Waals surface area contributed by atoms with E-state index in [1.165, 1.54) is 20.2 Å². The number of nitrogens with zero attached hydrogens (tertiary/aromatic N) is 1. The van der Waals surface area contributed by atoms with Gasteiger partial charge in [0.1, 0.15) is 5.76 Å². The summed E-state index contributed by atoms with van der Waals surface area (Å²) in [6.07, 6.45) is 3.74. The van der Waals surface area contributed by atoms with Crippen molar-refractivity contribution >= 4 is 15.9 Å². The molecule has 0 unspecified atom stereocenters. The largest absolute Gasteiger partial charge is 0.448 e. The summed E-state index contributed by atoms with van der Waals surface area (Å²) in [6.45, 7) is 1.95. The summed E-state index contributed by atoms with van der Waals surface area (Å²) in [7, 11) is -0.875. The Balaban J connectivity index is 2.26. The molecular formula is C14H23N3O4S. The van der Waals surface area contributed by atoms with Gasteiger partial charge < -0.3 is 15.5 Å². The maximum atomic E-state index is 12.5. The Morgan fingerprint density at radius 1 is 1.41 bits per heavy atom. The predicted molar refractivity (Wildman–Crippen MR) is 82.0 cm³/mol. The second-order valence-electron chi connectivity index (χ2n) is 5.97. The van der Waals surface area contributed by atoms with Crippen molar-refractivity contribution in [3.05, 3.63) is 17.4 Å². The van der Waals surface area contributed by atoms with Crippen LogP contribution in [0.2, 0.25) is 0 Å². The van der Waals surface area contributed by atoms with Crippen LogP contribution in [0.4, 0.5) is 0 Å². The fraction of sp³-hybridized carbons (Fsp3) is 0.643. The minimum absolute atomic E-state index is 0.228. The van der Waals surface area contributed by atoms with Crippen LogP contribution in [0, 0.1) is 6.92 Å². The number of amides is 1. The number of nitrogens with two attached hydrogens (primary N) is 1. The molecule has 0 saturated heterocycles. The number of hydrogen-bond acceptors (Lipinski definition) is 5. The first-order valence-corrected chi connectivity index (χ1v) is 8.71. The highest BCUT2D eigenvalue weighted by Crippen LogP contribution is 2.29. The number of aryl methyl sites for hydroxylation is 1. The predicted octanol–water partition coefficient (Wildman–Crippen LogP) is 0.840. The number of carbonyl (C=O) groups excluding carboxylic acids is 1. The van der Waals surface area contributed by atoms with Crippen molar-refractivity contribution in [1.82, 2.24) is 9.62 Å². The molecule has 1 aromatic rings. The van der Waals surface area contributed by atoms with Crippen LogP contribution in [-0.4, -0.2) is 44.8 Å². The number of furan rings is 1. The first-order valence-electron chi connectivity index (χ1n) is 7.27. The average molecular weight is 329 g/mol. The van der Waals surface area contributed by atoms with Crippen LogP contribution >= 0.6 is 0 Å². The van der Waals surface area contributed by atoms with E-state index in [1.807, 2.05) is 0 Å². The van der Waals surface area contributed by atoms with Crippen LogP contribution in [0.5, 0.6) is 0 Å². The molecule has 0 radical (unpaired) electrons. The van der Waals surface area contributed by atoms with E-state index in [4.69, 9.17) is 10.2 Å². The standard InChI is InChI=1S/C14H23N3O4S/c1-10-11(8-12(21-10)22(19,20)17(2)3)13(18)16-14(9-15)6-4-5-7-14/h8H,4-7,9,15H2,1-3H3,(H,16,18). The molecule has 1 amide bonds. The van der Waals surface area contributed by atoms with Crippen LogP contribution in [0.25, 0.3) is 0 Å². The summed E-state index contributed by atoms with van der Waals surface area (Å²) < 4.78 is 30.4. The fourth-order valence-electron chi connectivity index (χ4n) is 2.73. The Morgan fingerprint density at radius 3 is 2.50 bits per heavy atom. The van der Waals surface area contributed by atoms with Gasteiger partial charge in [-0.25, -0.2) is 12.7 Å². The third kappa shape index (κ3) is 3.04. The van der Waals surface area contributed by atoms with Gasteiger partial charge in [-0.15, -0.1) is 0 Å². The summed E-state index contributed by atoms with van der Waals surface area (Å²) in [5.41, 5.74) is 5.66. The first kappa shape index (κ1) is 17.0. The van der Waals surface area contributed by atoms with E-state index in [-0.39, 0.29) is 27.9 Å². The van der Waals surface area contributed by atoms with Gasteiger partial charge in [-0.3, -0.25) is 4.79 Å². The molecule has 124 valence electrons. The van der Waals surface area contributed by atoms with Crippen LogP contribution < -0.4 is 11.1 Å². The Labute approximate surface area is 130 Å². The van der Waals surface area contributed by atoms with Gasteiger partial charge in [-0.1, -0.05) is 12.8 Å². The molecule has 0 spiro atoms. The molecule has 1 heterocycles. The Hall–Kier alpha value is -1.38. The third-order valence-electron chi connectivity index (χ3n) is 4.20. The van der Waals surface area contributed by atoms with Crippen LogP contribution in [0.1, 0.15) is 41.8 Å². The number of rotatable bonds is 5. The van der Waals surface area contributed by atoms with Crippen molar-refractivity contribution < 1.29 is 17.6 Å². The van der Waals surface area contributed by atoms with E-state index in [9.17, 15) is 13.2 Å². The SMILES string of the molecule is Cc1oc(S(=O)(=O)N(C)C)cc1C(=O)NC1(CN)CCCC1. The van der Waals surface area contributed by atoms with Gasteiger partial charge >= 0.3 is 0 Å². The van der Waals surface area contributed by atoms with E-state index < -0.39 is 10.0 Å². The summed E-state index contributed by atoms with van der Waals surface area (Å²) in [4.78, 5) is 12.5. The minimum Gasteiger partial charge on any atom is -0.448 e. The maximum Gasteiger partial charge on any atom is 0.275 e. The number of hydrogen-bond donors (Lipinski definition) is 2. The Morgan fingerprint density at radius 2 is 2.00 bits per heavy atom. The molecule has 1 fully saturated rings. The Bertz CT molecular complexity index is 658. The summed E-state index contributed by atoms with van der Waals surface area (Å²) in [5.74, 6) is -0.0584. The average Bonchev–Trinajstić information content (AvgIpc) is 3.06. The molecule has 3 N–H and O–H groups in total. The molecule has 1 aromatic heterocycles. The lowest BCUT2D eigenvalue weighted by Gasteiger charge is -2.28. The van der Waals surface area contributed by atoms with Crippen molar-refractivity contribution in [1.29, 1.82) is 0 Å². The van der Waals surface area contributed by atoms with Crippen molar-refractivity contribution in [2.75, 3.05) is 20.6 Å². The van der Waals surface area contributed by atoms with Gasteiger partial charge in [0.05, 0.1) is 11.1 Å². The van der Waals surface area contributed by atoms with Gasteiger partial charge in [0.25, 0.3) is 15.9 Å².